The van der Waals surface area contributed by atoms with E-state index in [4.69, 9.17) is 34.8 Å². The monoisotopic (exact) mass is 303 g/mol. The first-order chi connectivity index (χ1) is 8.52. The van der Waals surface area contributed by atoms with E-state index in [-0.39, 0.29) is 32.0 Å². The summed E-state index contributed by atoms with van der Waals surface area (Å²) >= 11 is 17.6. The standard InChI is InChI=1S/C12H5Cl3FNO/c13-8-4-10(15)9(14)3-7(8)12-11(16)2-1-6(5-18)17-12/h1-5H. The molecule has 0 saturated heterocycles. The molecule has 2 aromatic rings. The van der Waals surface area contributed by atoms with E-state index in [1.54, 1.807) is 0 Å². The van der Waals surface area contributed by atoms with E-state index >= 15 is 0 Å². The molecule has 6 heteroatoms. The third-order valence-electron chi connectivity index (χ3n) is 2.25. The highest BCUT2D eigenvalue weighted by Crippen LogP contribution is 2.35. The van der Waals surface area contributed by atoms with Gasteiger partial charge >= 0.3 is 0 Å². The van der Waals surface area contributed by atoms with E-state index < -0.39 is 5.82 Å². The number of carbonyl (C=O) groups excluding carboxylic acids is 1. The Hall–Kier alpha value is -1.16. The number of carbonyl (C=O) groups is 1. The summed E-state index contributed by atoms with van der Waals surface area (Å²) in [6.07, 6.45) is 0.522. The average molecular weight is 305 g/mol. The largest absolute Gasteiger partial charge is 0.296 e. The predicted octanol–water partition coefficient (Wildman–Crippen LogP) is 4.66. The van der Waals surface area contributed by atoms with Crippen LogP contribution < -0.4 is 0 Å². The van der Waals surface area contributed by atoms with Gasteiger partial charge in [0.2, 0.25) is 0 Å². The Kier molecular flexibility index (Phi) is 3.85. The van der Waals surface area contributed by atoms with E-state index in [1.165, 1.54) is 18.2 Å². The van der Waals surface area contributed by atoms with Crippen LogP contribution in [0.1, 0.15) is 10.5 Å². The lowest BCUT2D eigenvalue weighted by Gasteiger charge is -2.07. The molecule has 1 aromatic carbocycles. The number of halogens is 4. The van der Waals surface area contributed by atoms with Gasteiger partial charge in [-0.25, -0.2) is 9.37 Å². The summed E-state index contributed by atoms with van der Waals surface area (Å²) in [4.78, 5) is 14.5. The zero-order chi connectivity index (χ0) is 13.3. The molecule has 0 fully saturated rings. The lowest BCUT2D eigenvalue weighted by Crippen LogP contribution is -1.95. The summed E-state index contributed by atoms with van der Waals surface area (Å²) in [6.45, 7) is 0. The zero-order valence-electron chi connectivity index (χ0n) is 8.75. The Bertz CT molecular complexity index is 631. The van der Waals surface area contributed by atoms with Crippen LogP contribution in [0.15, 0.2) is 24.3 Å². The maximum Gasteiger partial charge on any atom is 0.168 e. The molecule has 92 valence electrons. The summed E-state index contributed by atoms with van der Waals surface area (Å²) in [5.41, 5.74) is 0.351. The van der Waals surface area contributed by atoms with Gasteiger partial charge in [0.15, 0.2) is 6.29 Å². The Labute approximate surface area is 117 Å². The van der Waals surface area contributed by atoms with Gasteiger partial charge in [-0.2, -0.15) is 0 Å². The van der Waals surface area contributed by atoms with Crippen LogP contribution in [0.3, 0.4) is 0 Å². The summed E-state index contributed by atoms with van der Waals surface area (Å²) in [7, 11) is 0. The molecule has 2 nitrogen and oxygen atoms in total. The van der Waals surface area contributed by atoms with Gasteiger partial charge in [0.05, 0.1) is 15.1 Å². The number of nitrogens with zero attached hydrogens (tertiary/aromatic N) is 1. The number of pyridine rings is 1. The second kappa shape index (κ2) is 5.22. The highest BCUT2D eigenvalue weighted by atomic mass is 35.5. The number of hydrogen-bond donors (Lipinski definition) is 0. The molecule has 18 heavy (non-hydrogen) atoms. The van der Waals surface area contributed by atoms with Crippen LogP contribution in [-0.4, -0.2) is 11.3 Å². The smallest absolute Gasteiger partial charge is 0.168 e. The third kappa shape index (κ3) is 2.48. The molecule has 0 aliphatic heterocycles. The Morgan fingerprint density at radius 2 is 1.72 bits per heavy atom. The van der Waals surface area contributed by atoms with Crippen molar-refractivity contribution in [2.75, 3.05) is 0 Å². The van der Waals surface area contributed by atoms with Gasteiger partial charge < -0.3 is 0 Å². The Morgan fingerprint density at radius 1 is 1.06 bits per heavy atom. The molecule has 0 aliphatic carbocycles. The van der Waals surface area contributed by atoms with E-state index in [1.807, 2.05) is 0 Å². The Balaban J connectivity index is 2.68. The molecule has 1 aromatic heterocycles. The molecule has 0 saturated carbocycles. The van der Waals surface area contributed by atoms with Crippen molar-refractivity contribution in [1.82, 2.24) is 4.98 Å². The molecule has 0 bridgehead atoms. The normalized spacial score (nSPS) is 10.4. The molecule has 0 aliphatic rings. The van der Waals surface area contributed by atoms with Crippen molar-refractivity contribution in [3.63, 3.8) is 0 Å². The summed E-state index contributed by atoms with van der Waals surface area (Å²) in [5, 5.41) is 0.699. The summed E-state index contributed by atoms with van der Waals surface area (Å²) < 4.78 is 13.7. The van der Waals surface area contributed by atoms with Crippen molar-refractivity contribution < 1.29 is 9.18 Å². The van der Waals surface area contributed by atoms with Crippen LogP contribution in [-0.2, 0) is 0 Å². The second-order valence-corrected chi connectivity index (χ2v) is 4.65. The number of benzene rings is 1. The van der Waals surface area contributed by atoms with Crippen LogP contribution >= 0.6 is 34.8 Å². The van der Waals surface area contributed by atoms with Crippen molar-refractivity contribution in [1.29, 1.82) is 0 Å². The minimum Gasteiger partial charge on any atom is -0.296 e. The SMILES string of the molecule is O=Cc1ccc(F)c(-c2cc(Cl)c(Cl)cc2Cl)n1. The van der Waals surface area contributed by atoms with Crippen molar-refractivity contribution in [2.24, 2.45) is 0 Å². The maximum absolute atomic E-state index is 13.7. The van der Waals surface area contributed by atoms with Crippen molar-refractivity contribution in [3.05, 3.63) is 50.8 Å². The van der Waals surface area contributed by atoms with Gasteiger partial charge in [-0.3, -0.25) is 4.79 Å². The topological polar surface area (TPSA) is 30.0 Å². The number of aromatic nitrogens is 1. The lowest BCUT2D eigenvalue weighted by atomic mass is 10.1. The van der Waals surface area contributed by atoms with Gasteiger partial charge in [-0.15, -0.1) is 0 Å². The fourth-order valence-corrected chi connectivity index (χ4v) is 2.05. The first-order valence-electron chi connectivity index (χ1n) is 4.79. The van der Waals surface area contributed by atoms with Crippen molar-refractivity contribution in [2.45, 2.75) is 0 Å². The van der Waals surface area contributed by atoms with E-state index in [9.17, 15) is 9.18 Å². The molecule has 0 unspecified atom stereocenters. The molecule has 0 spiro atoms. The number of rotatable bonds is 2. The molecular formula is C12H5Cl3FNO. The molecule has 0 N–H and O–H groups in total. The van der Waals surface area contributed by atoms with Gasteiger partial charge in [-0.05, 0) is 24.3 Å². The Morgan fingerprint density at radius 3 is 2.39 bits per heavy atom. The van der Waals surface area contributed by atoms with Crippen LogP contribution in [0.25, 0.3) is 11.3 Å². The van der Waals surface area contributed by atoms with E-state index in [2.05, 4.69) is 4.98 Å². The molecular weight excluding hydrogens is 299 g/mol. The molecule has 0 radical (unpaired) electrons. The van der Waals surface area contributed by atoms with Crippen molar-refractivity contribution in [3.8, 4) is 11.3 Å². The molecule has 1 heterocycles. The highest BCUT2D eigenvalue weighted by Gasteiger charge is 2.14. The first-order valence-corrected chi connectivity index (χ1v) is 5.93. The van der Waals surface area contributed by atoms with Crippen LogP contribution in [0.5, 0.6) is 0 Å². The zero-order valence-corrected chi connectivity index (χ0v) is 11.0. The minimum atomic E-state index is -0.596. The van der Waals surface area contributed by atoms with E-state index in [0.717, 1.165) is 6.07 Å². The van der Waals surface area contributed by atoms with Crippen LogP contribution in [0, 0.1) is 5.82 Å². The van der Waals surface area contributed by atoms with Crippen LogP contribution in [0.4, 0.5) is 4.39 Å². The van der Waals surface area contributed by atoms with Crippen LogP contribution in [0.2, 0.25) is 15.1 Å². The summed E-state index contributed by atoms with van der Waals surface area (Å²) in [5.74, 6) is -0.596. The lowest BCUT2D eigenvalue weighted by molar-refractivity contribution is 0.111. The second-order valence-electron chi connectivity index (χ2n) is 3.43. The van der Waals surface area contributed by atoms with Gasteiger partial charge in [-0.1, -0.05) is 34.8 Å². The van der Waals surface area contributed by atoms with Gasteiger partial charge in [0.1, 0.15) is 17.2 Å². The quantitative estimate of drug-likeness (QED) is 0.596. The molecule has 0 atom stereocenters. The highest BCUT2D eigenvalue weighted by molar-refractivity contribution is 6.44. The summed E-state index contributed by atoms with van der Waals surface area (Å²) in [6, 6.07) is 5.23. The minimum absolute atomic E-state index is 0.0387. The third-order valence-corrected chi connectivity index (χ3v) is 3.29. The van der Waals surface area contributed by atoms with Crippen molar-refractivity contribution >= 4 is 41.1 Å². The average Bonchev–Trinajstić information content (AvgIpc) is 2.35. The molecule has 2 rings (SSSR count). The van der Waals surface area contributed by atoms with Gasteiger partial charge in [0.25, 0.3) is 0 Å². The maximum atomic E-state index is 13.7. The predicted molar refractivity (Wildman–Crippen MR) is 70.0 cm³/mol. The fraction of sp³-hybridized carbons (Fsp3) is 0. The van der Waals surface area contributed by atoms with Gasteiger partial charge in [0, 0.05) is 5.56 Å². The fourth-order valence-electron chi connectivity index (χ4n) is 1.42. The number of hydrogen-bond acceptors (Lipinski definition) is 2. The number of aldehydes is 1. The van der Waals surface area contributed by atoms with E-state index in [0.29, 0.717) is 6.29 Å². The molecule has 0 amide bonds. The first kappa shape index (κ1) is 13.3.